The summed E-state index contributed by atoms with van der Waals surface area (Å²) < 4.78 is 0. The molecule has 0 saturated heterocycles. The predicted molar refractivity (Wildman–Crippen MR) is 105 cm³/mol. The monoisotopic (exact) mass is 369 g/mol. The molecule has 0 aliphatic rings. The molecule has 2 aromatic heterocycles. The second kappa shape index (κ2) is 8.65. The molecule has 0 bridgehead atoms. The number of hydrogen-bond donors (Lipinski definition) is 1. The number of amides is 1. The maximum absolute atomic E-state index is 12.7. The lowest BCUT2D eigenvalue weighted by Crippen LogP contribution is -2.31. The van der Waals surface area contributed by atoms with Crippen LogP contribution in [0, 0.1) is 0 Å². The number of phenolic OH excluding ortho intramolecular Hbond substituents is 1. The highest BCUT2D eigenvalue weighted by Gasteiger charge is 2.14. The highest BCUT2D eigenvalue weighted by atomic mass is 32.1. The van der Waals surface area contributed by atoms with Gasteiger partial charge in [0.2, 0.25) is 5.91 Å². The molecule has 3 rings (SSSR count). The minimum absolute atomic E-state index is 0.0500. The third-order valence-electron chi connectivity index (χ3n) is 3.83. The molecule has 0 saturated carbocycles. The van der Waals surface area contributed by atoms with E-state index >= 15 is 0 Å². The van der Waals surface area contributed by atoms with Crippen molar-refractivity contribution in [3.05, 3.63) is 80.7 Å². The van der Waals surface area contributed by atoms with Crippen LogP contribution < -0.4 is 0 Å². The molecule has 5 heteroatoms. The number of thiophene rings is 2. The molecule has 0 atom stereocenters. The smallest absolute Gasteiger partial charge is 0.246 e. The van der Waals surface area contributed by atoms with Gasteiger partial charge in [-0.1, -0.05) is 24.3 Å². The van der Waals surface area contributed by atoms with E-state index < -0.39 is 0 Å². The van der Waals surface area contributed by atoms with Gasteiger partial charge in [0.15, 0.2) is 0 Å². The summed E-state index contributed by atoms with van der Waals surface area (Å²) in [6, 6.07) is 13.2. The van der Waals surface area contributed by atoms with E-state index in [1.165, 1.54) is 4.88 Å². The van der Waals surface area contributed by atoms with Crippen molar-refractivity contribution in [2.24, 2.45) is 0 Å². The molecule has 0 unspecified atom stereocenters. The zero-order valence-electron chi connectivity index (χ0n) is 13.7. The average molecular weight is 370 g/mol. The molecule has 3 nitrogen and oxygen atoms in total. The minimum Gasteiger partial charge on any atom is -0.508 e. The molecule has 1 aromatic carbocycles. The van der Waals surface area contributed by atoms with Gasteiger partial charge in [-0.05, 0) is 52.4 Å². The Labute approximate surface area is 155 Å². The van der Waals surface area contributed by atoms with Gasteiger partial charge in [-0.25, -0.2) is 0 Å². The predicted octanol–water partition coefficient (Wildman–Crippen LogP) is 4.80. The lowest BCUT2D eigenvalue weighted by atomic mass is 10.1. The minimum atomic E-state index is -0.0500. The van der Waals surface area contributed by atoms with E-state index in [9.17, 15) is 9.90 Å². The van der Waals surface area contributed by atoms with E-state index in [0.717, 1.165) is 17.5 Å². The molecule has 0 aliphatic carbocycles. The van der Waals surface area contributed by atoms with Crippen molar-refractivity contribution in [2.45, 2.75) is 13.0 Å². The van der Waals surface area contributed by atoms with Crippen LogP contribution in [0.1, 0.15) is 16.0 Å². The third kappa shape index (κ3) is 5.05. The van der Waals surface area contributed by atoms with Gasteiger partial charge >= 0.3 is 0 Å². The topological polar surface area (TPSA) is 40.5 Å². The molecule has 25 heavy (non-hydrogen) atoms. The summed E-state index contributed by atoms with van der Waals surface area (Å²) in [5, 5.41) is 16.1. The lowest BCUT2D eigenvalue weighted by molar-refractivity contribution is -0.126. The van der Waals surface area contributed by atoms with Crippen LogP contribution in [0.15, 0.2) is 64.7 Å². The Hall–Kier alpha value is -2.37. The van der Waals surface area contributed by atoms with Gasteiger partial charge in [0, 0.05) is 29.6 Å². The fourth-order valence-electron chi connectivity index (χ4n) is 2.46. The summed E-state index contributed by atoms with van der Waals surface area (Å²) in [7, 11) is 0. The van der Waals surface area contributed by atoms with Crippen molar-refractivity contribution < 1.29 is 9.90 Å². The van der Waals surface area contributed by atoms with Crippen LogP contribution in [0.3, 0.4) is 0 Å². The third-order valence-corrected chi connectivity index (χ3v) is 5.47. The maximum atomic E-state index is 12.7. The van der Waals surface area contributed by atoms with Gasteiger partial charge in [-0.2, -0.15) is 11.3 Å². The lowest BCUT2D eigenvalue weighted by Gasteiger charge is -2.21. The van der Waals surface area contributed by atoms with Crippen LogP contribution in [-0.4, -0.2) is 22.5 Å². The van der Waals surface area contributed by atoms with Crippen molar-refractivity contribution in [1.29, 1.82) is 0 Å². The highest BCUT2D eigenvalue weighted by Crippen LogP contribution is 2.19. The van der Waals surface area contributed by atoms with E-state index in [1.54, 1.807) is 45.8 Å². The number of carbonyl (C=O) groups is 1. The van der Waals surface area contributed by atoms with Crippen LogP contribution in [0.4, 0.5) is 0 Å². The molecule has 0 spiro atoms. The number of nitrogens with zero attached hydrogens (tertiary/aromatic N) is 1. The Balaban J connectivity index is 1.72. The van der Waals surface area contributed by atoms with Crippen molar-refractivity contribution in [1.82, 2.24) is 4.90 Å². The molecule has 0 fully saturated rings. The second-order valence-corrected chi connectivity index (χ2v) is 7.42. The van der Waals surface area contributed by atoms with E-state index in [2.05, 4.69) is 6.07 Å². The quantitative estimate of drug-likeness (QED) is 0.608. The number of phenols is 1. The summed E-state index contributed by atoms with van der Waals surface area (Å²) in [6.07, 6.45) is 4.25. The van der Waals surface area contributed by atoms with E-state index in [4.69, 9.17) is 0 Å². The molecule has 0 radical (unpaired) electrons. The summed E-state index contributed by atoms with van der Waals surface area (Å²) >= 11 is 3.30. The van der Waals surface area contributed by atoms with Gasteiger partial charge in [-0.15, -0.1) is 11.3 Å². The van der Waals surface area contributed by atoms with Crippen molar-refractivity contribution in [3.8, 4) is 5.75 Å². The van der Waals surface area contributed by atoms with E-state index in [0.29, 0.717) is 13.1 Å². The van der Waals surface area contributed by atoms with Gasteiger partial charge in [0.1, 0.15) is 5.75 Å². The molecule has 1 N–H and O–H groups in total. The van der Waals surface area contributed by atoms with Crippen LogP contribution in [0.25, 0.3) is 6.08 Å². The molecular weight excluding hydrogens is 350 g/mol. The Morgan fingerprint density at radius 3 is 2.72 bits per heavy atom. The van der Waals surface area contributed by atoms with Gasteiger partial charge in [0.25, 0.3) is 0 Å². The second-order valence-electron chi connectivity index (χ2n) is 5.61. The fourth-order valence-corrected chi connectivity index (χ4v) is 3.79. The first-order valence-electron chi connectivity index (χ1n) is 8.01. The zero-order chi connectivity index (χ0) is 17.5. The van der Waals surface area contributed by atoms with E-state index in [-0.39, 0.29) is 11.7 Å². The molecule has 0 aliphatic heterocycles. The van der Waals surface area contributed by atoms with Gasteiger partial charge < -0.3 is 10.0 Å². The summed E-state index contributed by atoms with van der Waals surface area (Å²) in [4.78, 5) is 15.7. The molecule has 128 valence electrons. The van der Waals surface area contributed by atoms with Crippen LogP contribution in [0.5, 0.6) is 5.75 Å². The number of rotatable bonds is 7. The van der Waals surface area contributed by atoms with Gasteiger partial charge in [-0.3, -0.25) is 4.79 Å². The first-order chi connectivity index (χ1) is 12.2. The number of hydrogen-bond acceptors (Lipinski definition) is 4. The molecule has 1 amide bonds. The first-order valence-corrected chi connectivity index (χ1v) is 9.83. The molecular formula is C20H19NO2S2. The Morgan fingerprint density at radius 1 is 1.12 bits per heavy atom. The largest absolute Gasteiger partial charge is 0.508 e. The SMILES string of the molecule is O=C(/C=C/c1ccsc1)N(CCc1cccs1)Cc1ccccc1O. The Morgan fingerprint density at radius 2 is 2.00 bits per heavy atom. The number of aromatic hydroxyl groups is 1. The molecule has 3 aromatic rings. The normalized spacial score (nSPS) is 11.0. The van der Waals surface area contributed by atoms with Gasteiger partial charge in [0.05, 0.1) is 0 Å². The maximum Gasteiger partial charge on any atom is 0.246 e. The number of para-hydroxylation sites is 1. The average Bonchev–Trinajstić information content (AvgIpc) is 3.31. The Kier molecular flexibility index (Phi) is 6.04. The van der Waals surface area contributed by atoms with Crippen molar-refractivity contribution in [2.75, 3.05) is 6.54 Å². The van der Waals surface area contributed by atoms with Crippen molar-refractivity contribution >= 4 is 34.7 Å². The highest BCUT2D eigenvalue weighted by molar-refractivity contribution is 7.09. The van der Waals surface area contributed by atoms with Crippen LogP contribution >= 0.6 is 22.7 Å². The van der Waals surface area contributed by atoms with E-state index in [1.807, 2.05) is 46.5 Å². The summed E-state index contributed by atoms with van der Waals surface area (Å²) in [6.45, 7) is 1.01. The Bertz CT molecular complexity index is 823. The number of benzene rings is 1. The standard InChI is InChI=1S/C20H19NO2S2/c22-19-6-2-1-4-17(19)14-21(11-9-18-5-3-12-25-18)20(23)8-7-16-10-13-24-15-16/h1-8,10,12-13,15,22H,9,11,14H2/b8-7+. The summed E-state index contributed by atoms with van der Waals surface area (Å²) in [5.41, 5.74) is 1.78. The van der Waals surface area contributed by atoms with Crippen LogP contribution in [-0.2, 0) is 17.8 Å². The zero-order valence-corrected chi connectivity index (χ0v) is 15.3. The van der Waals surface area contributed by atoms with Crippen LogP contribution in [0.2, 0.25) is 0 Å². The number of carbonyl (C=O) groups excluding carboxylic acids is 1. The summed E-state index contributed by atoms with van der Waals surface area (Å²) in [5.74, 6) is 0.171. The molecule has 2 heterocycles. The van der Waals surface area contributed by atoms with Crippen molar-refractivity contribution in [3.63, 3.8) is 0 Å². The fraction of sp³-hybridized carbons (Fsp3) is 0.150. The first kappa shape index (κ1) is 17.5.